The van der Waals surface area contributed by atoms with Gasteiger partial charge in [0.25, 0.3) is 0 Å². The minimum atomic E-state index is -0.410. The van der Waals surface area contributed by atoms with Crippen LogP contribution in [0.3, 0.4) is 0 Å². The van der Waals surface area contributed by atoms with Crippen LogP contribution >= 0.6 is 24.0 Å². The maximum atomic E-state index is 12.3. The van der Waals surface area contributed by atoms with Crippen molar-refractivity contribution in [1.29, 1.82) is 0 Å². The molecule has 23 heavy (non-hydrogen) atoms. The van der Waals surface area contributed by atoms with Crippen LogP contribution in [0.2, 0.25) is 5.02 Å². The van der Waals surface area contributed by atoms with E-state index in [1.165, 1.54) is 18.4 Å². The van der Waals surface area contributed by atoms with Gasteiger partial charge in [-0.2, -0.15) is 0 Å². The van der Waals surface area contributed by atoms with Crippen LogP contribution in [-0.4, -0.2) is 36.2 Å². The predicted molar refractivity (Wildman–Crippen MR) is 94.3 cm³/mol. The van der Waals surface area contributed by atoms with E-state index in [-0.39, 0.29) is 29.8 Å². The number of rotatable bonds is 4. The van der Waals surface area contributed by atoms with E-state index >= 15 is 0 Å². The van der Waals surface area contributed by atoms with E-state index in [4.69, 9.17) is 11.6 Å². The second-order valence-electron chi connectivity index (χ2n) is 6.56. The molecule has 3 rings (SSSR count). The van der Waals surface area contributed by atoms with Crippen LogP contribution in [0.15, 0.2) is 24.3 Å². The third-order valence-corrected chi connectivity index (χ3v) is 5.29. The Morgan fingerprint density at radius 3 is 2.52 bits per heavy atom. The topological polar surface area (TPSA) is 61.4 Å². The molecule has 3 N–H and O–H groups in total. The standard InChI is InChI=1S/C17H23ClN2O2.ClH/c18-13-5-3-12(4-6-13)17(7-1-2-8-17)11-20-16(22)15-9-14(21)10-19-15;/h3-6,14-15,19,21H,1-2,7-11H2,(H,20,22);1H. The molecule has 2 fully saturated rings. The van der Waals surface area contributed by atoms with Gasteiger partial charge in [0.15, 0.2) is 0 Å². The SMILES string of the molecule is Cl.O=C(NCC1(c2ccc(Cl)cc2)CCCC1)C1CC(O)CN1. The summed E-state index contributed by atoms with van der Waals surface area (Å²) in [5, 5.41) is 16.4. The van der Waals surface area contributed by atoms with Gasteiger partial charge in [0.2, 0.25) is 5.91 Å². The molecule has 1 aliphatic carbocycles. The molecule has 0 radical (unpaired) electrons. The largest absolute Gasteiger partial charge is 0.392 e. The number of carbonyl (C=O) groups excluding carboxylic acids is 1. The molecular weight excluding hydrogens is 335 g/mol. The van der Waals surface area contributed by atoms with Gasteiger partial charge in [0.1, 0.15) is 0 Å². The number of aliphatic hydroxyl groups excluding tert-OH is 1. The zero-order valence-corrected chi connectivity index (χ0v) is 14.6. The van der Waals surface area contributed by atoms with Gasteiger partial charge in [-0.15, -0.1) is 12.4 Å². The van der Waals surface area contributed by atoms with Crippen molar-refractivity contribution in [3.63, 3.8) is 0 Å². The molecule has 0 aromatic heterocycles. The van der Waals surface area contributed by atoms with E-state index in [1.807, 2.05) is 12.1 Å². The molecular formula is C17H24Cl2N2O2. The Morgan fingerprint density at radius 2 is 1.96 bits per heavy atom. The van der Waals surface area contributed by atoms with Gasteiger partial charge in [-0.25, -0.2) is 0 Å². The van der Waals surface area contributed by atoms with Crippen LogP contribution in [0.1, 0.15) is 37.7 Å². The maximum absolute atomic E-state index is 12.3. The van der Waals surface area contributed by atoms with Crippen LogP contribution in [0.4, 0.5) is 0 Å². The van der Waals surface area contributed by atoms with Crippen LogP contribution in [0.25, 0.3) is 0 Å². The normalized spacial score (nSPS) is 25.8. The highest BCUT2D eigenvalue weighted by Gasteiger charge is 2.37. The average Bonchev–Trinajstić information content (AvgIpc) is 3.15. The molecule has 1 heterocycles. The van der Waals surface area contributed by atoms with Crippen LogP contribution in [0, 0.1) is 0 Å². The molecule has 128 valence electrons. The first-order valence-corrected chi connectivity index (χ1v) is 8.42. The first-order chi connectivity index (χ1) is 10.6. The Morgan fingerprint density at radius 1 is 1.30 bits per heavy atom. The highest BCUT2D eigenvalue weighted by molar-refractivity contribution is 6.30. The highest BCUT2D eigenvalue weighted by Crippen LogP contribution is 2.41. The summed E-state index contributed by atoms with van der Waals surface area (Å²) in [6, 6.07) is 7.74. The maximum Gasteiger partial charge on any atom is 0.237 e. The third-order valence-electron chi connectivity index (χ3n) is 5.04. The number of amides is 1. The first-order valence-electron chi connectivity index (χ1n) is 8.04. The Bertz CT molecular complexity index is 530. The monoisotopic (exact) mass is 358 g/mol. The minimum absolute atomic E-state index is 0. The van der Waals surface area contributed by atoms with Gasteiger partial charge in [-0.1, -0.05) is 36.6 Å². The average molecular weight is 359 g/mol. The number of hydrogen-bond acceptors (Lipinski definition) is 3. The molecule has 1 aliphatic heterocycles. The number of benzene rings is 1. The van der Waals surface area contributed by atoms with Crippen molar-refractivity contribution in [3.8, 4) is 0 Å². The summed E-state index contributed by atoms with van der Waals surface area (Å²) < 4.78 is 0. The quantitative estimate of drug-likeness (QED) is 0.774. The van der Waals surface area contributed by atoms with Crippen molar-refractivity contribution in [1.82, 2.24) is 10.6 Å². The van der Waals surface area contributed by atoms with Crippen molar-refractivity contribution < 1.29 is 9.90 Å². The van der Waals surface area contributed by atoms with Gasteiger partial charge >= 0.3 is 0 Å². The summed E-state index contributed by atoms with van der Waals surface area (Å²) in [6.45, 7) is 1.15. The lowest BCUT2D eigenvalue weighted by atomic mass is 9.79. The molecule has 2 atom stereocenters. The molecule has 6 heteroatoms. The molecule has 4 nitrogen and oxygen atoms in total. The fraction of sp³-hybridized carbons (Fsp3) is 0.588. The van der Waals surface area contributed by atoms with Crippen LogP contribution in [0.5, 0.6) is 0 Å². The zero-order valence-electron chi connectivity index (χ0n) is 13.1. The van der Waals surface area contributed by atoms with Gasteiger partial charge in [0.05, 0.1) is 12.1 Å². The lowest BCUT2D eigenvalue weighted by Crippen LogP contribution is -2.46. The lowest BCUT2D eigenvalue weighted by Gasteiger charge is -2.30. The summed E-state index contributed by atoms with van der Waals surface area (Å²) in [4.78, 5) is 12.3. The number of β-amino-alcohol motifs (C(OH)–C–C–N with tert-alkyl or cyclic N) is 1. The van der Waals surface area contributed by atoms with Crippen molar-refractivity contribution in [2.45, 2.75) is 49.7 Å². The second kappa shape index (κ2) is 7.84. The summed E-state index contributed by atoms with van der Waals surface area (Å²) in [5.74, 6) is -0.00297. The first kappa shape index (κ1) is 18.5. The zero-order chi connectivity index (χ0) is 15.6. The van der Waals surface area contributed by atoms with Gasteiger partial charge in [-0.05, 0) is 37.0 Å². The van der Waals surface area contributed by atoms with Crippen molar-refractivity contribution in [2.24, 2.45) is 0 Å². The molecule has 1 aromatic carbocycles. The number of aliphatic hydroxyl groups is 1. The Labute approximate surface area is 148 Å². The molecule has 2 aliphatic rings. The van der Waals surface area contributed by atoms with E-state index in [0.717, 1.165) is 17.9 Å². The van der Waals surface area contributed by atoms with E-state index in [0.29, 0.717) is 19.5 Å². The van der Waals surface area contributed by atoms with Gasteiger partial charge < -0.3 is 15.7 Å². The minimum Gasteiger partial charge on any atom is -0.392 e. The number of halogens is 2. The predicted octanol–water partition coefficient (Wildman–Crippen LogP) is 2.41. The smallest absolute Gasteiger partial charge is 0.237 e. The van der Waals surface area contributed by atoms with E-state index in [1.54, 1.807) is 0 Å². The summed E-state index contributed by atoms with van der Waals surface area (Å²) in [5.41, 5.74) is 1.28. The fourth-order valence-corrected chi connectivity index (χ4v) is 3.85. The van der Waals surface area contributed by atoms with Gasteiger partial charge in [0, 0.05) is 23.5 Å². The molecule has 2 unspecified atom stereocenters. The van der Waals surface area contributed by atoms with Crippen molar-refractivity contribution >= 4 is 29.9 Å². The van der Waals surface area contributed by atoms with E-state index in [9.17, 15) is 9.90 Å². The number of carbonyl (C=O) groups is 1. The number of hydrogen-bond donors (Lipinski definition) is 3. The highest BCUT2D eigenvalue weighted by atomic mass is 35.5. The Balaban J connectivity index is 0.00000192. The van der Waals surface area contributed by atoms with Crippen molar-refractivity contribution in [3.05, 3.63) is 34.9 Å². The second-order valence-corrected chi connectivity index (χ2v) is 7.00. The lowest BCUT2D eigenvalue weighted by molar-refractivity contribution is -0.123. The third kappa shape index (κ3) is 4.18. The van der Waals surface area contributed by atoms with Gasteiger partial charge in [-0.3, -0.25) is 4.79 Å². The molecule has 1 aromatic rings. The summed E-state index contributed by atoms with van der Waals surface area (Å²) in [6.07, 6.45) is 4.66. The van der Waals surface area contributed by atoms with E-state index < -0.39 is 6.10 Å². The van der Waals surface area contributed by atoms with Crippen LogP contribution < -0.4 is 10.6 Å². The Kier molecular flexibility index (Phi) is 6.32. The van der Waals surface area contributed by atoms with Crippen LogP contribution in [-0.2, 0) is 10.2 Å². The fourth-order valence-electron chi connectivity index (χ4n) is 3.72. The summed E-state index contributed by atoms with van der Waals surface area (Å²) in [7, 11) is 0. The molecule has 0 spiro atoms. The Hall–Kier alpha value is -0.810. The molecule has 1 amide bonds. The summed E-state index contributed by atoms with van der Waals surface area (Å²) >= 11 is 5.99. The van der Waals surface area contributed by atoms with E-state index in [2.05, 4.69) is 22.8 Å². The molecule has 1 saturated heterocycles. The van der Waals surface area contributed by atoms with Crippen molar-refractivity contribution in [2.75, 3.05) is 13.1 Å². The molecule has 0 bridgehead atoms. The number of nitrogens with one attached hydrogen (secondary N) is 2. The molecule has 1 saturated carbocycles.